The Hall–Kier alpha value is -4.53. The Morgan fingerprint density at radius 3 is 2.26 bits per heavy atom. The first-order valence-electron chi connectivity index (χ1n) is 12.2. The first-order valence-corrected chi connectivity index (χ1v) is 12.2. The van der Waals surface area contributed by atoms with Gasteiger partial charge in [0.05, 0.1) is 12.5 Å². The second-order valence-corrected chi connectivity index (χ2v) is 9.83. The smallest absolute Gasteiger partial charge is 0.408 e. The van der Waals surface area contributed by atoms with Crippen LogP contribution in [0.5, 0.6) is 17.2 Å². The summed E-state index contributed by atoms with van der Waals surface area (Å²) in [6.45, 7) is 5.80. The topological polar surface area (TPSA) is 112 Å². The molecule has 2 N–H and O–H groups in total. The molecule has 38 heavy (non-hydrogen) atoms. The number of carboxylic acid groups (broad SMARTS) is 1. The van der Waals surface area contributed by atoms with Gasteiger partial charge in [0.1, 0.15) is 34.5 Å². The fraction of sp³-hybridized carbons (Fsp3) is 0.276. The summed E-state index contributed by atoms with van der Waals surface area (Å²) in [4.78, 5) is 28.2. The number of nitrogens with one attached hydrogen (secondary N) is 1. The fourth-order valence-electron chi connectivity index (χ4n) is 3.92. The number of rotatable bonds is 9. The van der Waals surface area contributed by atoms with E-state index in [1.807, 2.05) is 36.5 Å². The number of carboxylic acids is 1. The van der Waals surface area contributed by atoms with Crippen molar-refractivity contribution >= 4 is 23.1 Å². The molecule has 0 saturated heterocycles. The van der Waals surface area contributed by atoms with E-state index in [-0.39, 0.29) is 6.42 Å². The molecule has 2 heterocycles. The molecular formula is C29H31N3O6. The Kier molecular flexibility index (Phi) is 7.85. The Bertz CT molecular complexity index is 1410. The first-order chi connectivity index (χ1) is 18.1. The molecule has 0 aliphatic rings. The predicted molar refractivity (Wildman–Crippen MR) is 143 cm³/mol. The van der Waals surface area contributed by atoms with Gasteiger partial charge < -0.3 is 29.2 Å². The van der Waals surface area contributed by atoms with E-state index in [2.05, 4.69) is 14.9 Å². The molecule has 0 radical (unpaired) electrons. The van der Waals surface area contributed by atoms with Crippen LogP contribution in [0.1, 0.15) is 31.9 Å². The molecule has 0 aliphatic carbocycles. The van der Waals surface area contributed by atoms with Crippen LogP contribution in [0.2, 0.25) is 0 Å². The predicted octanol–water partition coefficient (Wildman–Crippen LogP) is 5.41. The van der Waals surface area contributed by atoms with Crippen molar-refractivity contribution in [1.29, 1.82) is 0 Å². The summed E-state index contributed by atoms with van der Waals surface area (Å²) in [6, 6.07) is 17.6. The summed E-state index contributed by atoms with van der Waals surface area (Å²) in [5.41, 5.74) is 1.92. The highest BCUT2D eigenvalue weighted by molar-refractivity contribution is 5.83. The maximum atomic E-state index is 12.0. The summed E-state index contributed by atoms with van der Waals surface area (Å²) < 4.78 is 18.6. The normalized spacial score (nSPS) is 12.1. The second kappa shape index (κ2) is 11.2. The van der Waals surface area contributed by atoms with E-state index in [1.165, 1.54) is 0 Å². The molecule has 0 bridgehead atoms. The van der Waals surface area contributed by atoms with E-state index in [9.17, 15) is 14.7 Å². The van der Waals surface area contributed by atoms with Crippen LogP contribution in [-0.2, 0) is 22.5 Å². The van der Waals surface area contributed by atoms with Crippen LogP contribution in [0.15, 0.2) is 73.1 Å². The van der Waals surface area contributed by atoms with E-state index in [1.54, 1.807) is 64.4 Å². The number of methoxy groups -OCH3 is 1. The van der Waals surface area contributed by atoms with Crippen molar-refractivity contribution < 1.29 is 28.9 Å². The van der Waals surface area contributed by atoms with Crippen molar-refractivity contribution in [1.82, 2.24) is 14.9 Å². The number of amides is 1. The summed E-state index contributed by atoms with van der Waals surface area (Å²) in [6.07, 6.45) is 3.01. The largest absolute Gasteiger partial charge is 0.497 e. The lowest BCUT2D eigenvalue weighted by molar-refractivity contribution is -0.139. The minimum atomic E-state index is -1.14. The van der Waals surface area contributed by atoms with E-state index >= 15 is 0 Å². The van der Waals surface area contributed by atoms with Gasteiger partial charge in [-0.05, 0) is 68.3 Å². The number of hydrogen-bond acceptors (Lipinski definition) is 6. The van der Waals surface area contributed by atoms with Gasteiger partial charge in [-0.1, -0.05) is 24.3 Å². The van der Waals surface area contributed by atoms with Crippen molar-refractivity contribution in [2.75, 3.05) is 7.11 Å². The summed E-state index contributed by atoms with van der Waals surface area (Å²) >= 11 is 0. The molecule has 2 aromatic heterocycles. The number of aliphatic carboxylic acids is 1. The van der Waals surface area contributed by atoms with E-state index in [0.29, 0.717) is 18.0 Å². The number of ether oxygens (including phenoxy) is 3. The zero-order valence-corrected chi connectivity index (χ0v) is 21.8. The van der Waals surface area contributed by atoms with Gasteiger partial charge >= 0.3 is 12.1 Å². The quantitative estimate of drug-likeness (QED) is 0.305. The average molecular weight is 518 g/mol. The SMILES string of the molecule is COc1ccc(Cn2ccc3c(Oc4ccc(CC(NC(=O)OC(C)(C)C)C(=O)O)cc4)ccnc32)cc1. The Morgan fingerprint density at radius 1 is 0.974 bits per heavy atom. The molecule has 0 aliphatic heterocycles. The van der Waals surface area contributed by atoms with Gasteiger partial charge in [0.15, 0.2) is 0 Å². The molecule has 9 heteroatoms. The molecule has 198 valence electrons. The highest BCUT2D eigenvalue weighted by atomic mass is 16.6. The number of pyridine rings is 1. The number of aromatic nitrogens is 2. The minimum absolute atomic E-state index is 0.0998. The lowest BCUT2D eigenvalue weighted by atomic mass is 10.1. The van der Waals surface area contributed by atoms with Crippen LogP contribution < -0.4 is 14.8 Å². The molecule has 2 aromatic carbocycles. The van der Waals surface area contributed by atoms with Gasteiger partial charge in [-0.25, -0.2) is 14.6 Å². The minimum Gasteiger partial charge on any atom is -0.497 e. The van der Waals surface area contributed by atoms with Crippen molar-refractivity contribution in [3.63, 3.8) is 0 Å². The van der Waals surface area contributed by atoms with Crippen LogP contribution >= 0.6 is 0 Å². The number of nitrogens with zero attached hydrogens (tertiary/aromatic N) is 2. The van der Waals surface area contributed by atoms with Gasteiger partial charge in [0.2, 0.25) is 0 Å². The number of hydrogen-bond donors (Lipinski definition) is 2. The zero-order valence-electron chi connectivity index (χ0n) is 21.8. The Morgan fingerprint density at radius 2 is 1.63 bits per heavy atom. The highest BCUT2D eigenvalue weighted by Gasteiger charge is 2.24. The number of carbonyl (C=O) groups excluding carboxylic acids is 1. The first kappa shape index (κ1) is 26.5. The molecule has 0 saturated carbocycles. The van der Waals surface area contributed by atoms with Crippen molar-refractivity contribution in [3.05, 3.63) is 84.2 Å². The second-order valence-electron chi connectivity index (χ2n) is 9.83. The molecule has 1 amide bonds. The summed E-state index contributed by atoms with van der Waals surface area (Å²) in [5.74, 6) is 0.917. The fourth-order valence-corrected chi connectivity index (χ4v) is 3.92. The molecule has 0 fully saturated rings. The summed E-state index contributed by atoms with van der Waals surface area (Å²) in [5, 5.41) is 12.8. The lowest BCUT2D eigenvalue weighted by Gasteiger charge is -2.22. The lowest BCUT2D eigenvalue weighted by Crippen LogP contribution is -2.44. The van der Waals surface area contributed by atoms with Crippen molar-refractivity contribution in [3.8, 4) is 17.2 Å². The Labute approximate surface area is 221 Å². The van der Waals surface area contributed by atoms with Gasteiger partial charge in [0.25, 0.3) is 0 Å². The van der Waals surface area contributed by atoms with Crippen LogP contribution in [0.25, 0.3) is 11.0 Å². The molecule has 4 aromatic rings. The van der Waals surface area contributed by atoms with Gasteiger partial charge in [-0.2, -0.15) is 0 Å². The van der Waals surface area contributed by atoms with Crippen molar-refractivity contribution in [2.45, 2.75) is 45.4 Å². The maximum Gasteiger partial charge on any atom is 0.408 e. The van der Waals surface area contributed by atoms with Crippen LogP contribution in [0.3, 0.4) is 0 Å². The average Bonchev–Trinajstić information content (AvgIpc) is 3.27. The van der Waals surface area contributed by atoms with Gasteiger partial charge in [-0.3, -0.25) is 0 Å². The van der Waals surface area contributed by atoms with Crippen LogP contribution in [0.4, 0.5) is 4.79 Å². The number of fused-ring (bicyclic) bond motifs is 1. The van der Waals surface area contributed by atoms with Crippen molar-refractivity contribution in [2.24, 2.45) is 0 Å². The maximum absolute atomic E-state index is 12.0. The third-order valence-corrected chi connectivity index (χ3v) is 5.71. The van der Waals surface area contributed by atoms with E-state index < -0.39 is 23.7 Å². The number of carbonyl (C=O) groups is 2. The Balaban J connectivity index is 1.44. The number of benzene rings is 2. The molecule has 1 unspecified atom stereocenters. The standard InChI is InChI=1S/C29H31N3O6/c1-29(2,3)38-28(35)31-24(27(33)34)17-19-5-11-22(12-6-19)37-25-13-15-30-26-23(25)14-16-32(26)18-20-7-9-21(36-4)10-8-20/h5-16,24H,17-18H2,1-4H3,(H,31,35)(H,33,34). The third-order valence-electron chi connectivity index (χ3n) is 5.71. The van der Waals surface area contributed by atoms with Gasteiger partial charge in [-0.15, -0.1) is 0 Å². The molecule has 1 atom stereocenters. The monoisotopic (exact) mass is 517 g/mol. The van der Waals surface area contributed by atoms with Crippen LogP contribution in [0, 0.1) is 0 Å². The molecule has 0 spiro atoms. The highest BCUT2D eigenvalue weighted by Crippen LogP contribution is 2.30. The molecule has 4 rings (SSSR count). The van der Waals surface area contributed by atoms with Gasteiger partial charge in [0, 0.05) is 25.4 Å². The van der Waals surface area contributed by atoms with E-state index in [0.717, 1.165) is 27.9 Å². The summed E-state index contributed by atoms with van der Waals surface area (Å²) in [7, 11) is 1.64. The van der Waals surface area contributed by atoms with Crippen LogP contribution in [-0.4, -0.2) is 45.5 Å². The third kappa shape index (κ3) is 6.82. The zero-order chi connectivity index (χ0) is 27.3. The molecule has 9 nitrogen and oxygen atoms in total. The van der Waals surface area contributed by atoms with E-state index in [4.69, 9.17) is 14.2 Å². The number of alkyl carbamates (subject to hydrolysis) is 1. The molecular weight excluding hydrogens is 486 g/mol.